The number of carbonyl (C=O) groups is 1. The van der Waals surface area contributed by atoms with Crippen LogP contribution in [0, 0.1) is 11.3 Å². The first-order chi connectivity index (χ1) is 17.0. The van der Waals surface area contributed by atoms with E-state index in [1.165, 1.54) is 25.6 Å². The molecule has 35 heavy (non-hydrogen) atoms. The van der Waals surface area contributed by atoms with E-state index in [0.717, 1.165) is 11.1 Å². The monoisotopic (exact) mass is 471 g/mol. The molecule has 176 valence electrons. The average Bonchev–Trinajstić information content (AvgIpc) is 3.37. The number of aromatic carboxylic acids is 1. The first-order valence-corrected chi connectivity index (χ1v) is 10.5. The third-order valence-electron chi connectivity index (χ3n) is 5.02. The summed E-state index contributed by atoms with van der Waals surface area (Å²) in [5.41, 5.74) is 2.55. The van der Waals surface area contributed by atoms with Gasteiger partial charge in [0, 0.05) is 18.0 Å². The third kappa shape index (κ3) is 5.51. The van der Waals surface area contributed by atoms with Crippen molar-refractivity contribution in [1.29, 1.82) is 5.26 Å². The lowest BCUT2D eigenvalue weighted by atomic mass is 10.1. The number of hydrogen-bond donors (Lipinski definition) is 2. The summed E-state index contributed by atoms with van der Waals surface area (Å²) in [5.74, 6) is 0.0604. The molecule has 2 aromatic carbocycles. The number of benzene rings is 2. The Balaban J connectivity index is 1.51. The van der Waals surface area contributed by atoms with Crippen molar-refractivity contribution in [2.45, 2.75) is 19.6 Å². The van der Waals surface area contributed by atoms with Gasteiger partial charge in [0.15, 0.2) is 0 Å². The summed E-state index contributed by atoms with van der Waals surface area (Å²) in [4.78, 5) is 23.8. The molecule has 2 aromatic heterocycles. The van der Waals surface area contributed by atoms with E-state index in [4.69, 9.17) is 14.6 Å². The molecular formula is C24H21N7O4. The van der Waals surface area contributed by atoms with Gasteiger partial charge in [0.25, 0.3) is 0 Å². The summed E-state index contributed by atoms with van der Waals surface area (Å²) in [6.45, 7) is 2.37. The maximum absolute atomic E-state index is 11.2. The first-order valence-electron chi connectivity index (χ1n) is 10.5. The van der Waals surface area contributed by atoms with Crippen molar-refractivity contribution in [2.24, 2.45) is 0 Å². The van der Waals surface area contributed by atoms with Crippen LogP contribution in [0.25, 0.3) is 11.1 Å². The Bertz CT molecular complexity index is 1370. The van der Waals surface area contributed by atoms with Gasteiger partial charge < -0.3 is 19.9 Å². The van der Waals surface area contributed by atoms with Crippen LogP contribution < -0.4 is 14.8 Å². The first kappa shape index (κ1) is 23.2. The van der Waals surface area contributed by atoms with E-state index >= 15 is 0 Å². The highest BCUT2D eigenvalue weighted by Crippen LogP contribution is 2.30. The summed E-state index contributed by atoms with van der Waals surface area (Å²) in [6.07, 6.45) is 6.08. The van der Waals surface area contributed by atoms with Crippen LogP contribution in [0.5, 0.6) is 11.5 Å². The standard InChI is InChI=1S/C24H21N7O4/c1-15(12-31-14-26-13-29-31)35-21-7-16(3-4-18(21)9-25)19-10-27-24(28-11-19)30-20-6-5-17(23(32)33)8-22(20)34-2/h3-8,10-11,13-15H,12H2,1-2H3,(H,32,33)(H,27,28,30). The normalized spacial score (nSPS) is 11.3. The van der Waals surface area contributed by atoms with Crippen LogP contribution in [0.15, 0.2) is 61.4 Å². The molecule has 2 heterocycles. The molecule has 0 saturated carbocycles. The van der Waals surface area contributed by atoms with E-state index in [9.17, 15) is 10.1 Å². The predicted octanol–water partition coefficient (Wildman–Crippen LogP) is 3.52. The predicted molar refractivity (Wildman–Crippen MR) is 126 cm³/mol. The molecule has 2 N–H and O–H groups in total. The van der Waals surface area contributed by atoms with Crippen molar-refractivity contribution in [3.8, 4) is 28.7 Å². The Kier molecular flexibility index (Phi) is 6.83. The van der Waals surface area contributed by atoms with Crippen LogP contribution in [-0.4, -0.2) is 49.0 Å². The topological polar surface area (TPSA) is 148 Å². The quantitative estimate of drug-likeness (QED) is 0.371. The highest BCUT2D eigenvalue weighted by atomic mass is 16.5. The Morgan fingerprint density at radius 2 is 1.97 bits per heavy atom. The zero-order valence-corrected chi connectivity index (χ0v) is 18.9. The summed E-state index contributed by atoms with van der Waals surface area (Å²) in [7, 11) is 1.45. The summed E-state index contributed by atoms with van der Waals surface area (Å²) in [5, 5.41) is 25.7. The number of nitrogens with zero attached hydrogens (tertiary/aromatic N) is 6. The molecule has 0 saturated heterocycles. The Labute approximate surface area is 200 Å². The van der Waals surface area contributed by atoms with Gasteiger partial charge in [0.2, 0.25) is 5.95 Å². The minimum Gasteiger partial charge on any atom is -0.495 e. The second-order valence-corrected chi connectivity index (χ2v) is 7.51. The van der Waals surface area contributed by atoms with Gasteiger partial charge in [0.1, 0.15) is 36.3 Å². The average molecular weight is 471 g/mol. The molecule has 0 fully saturated rings. The second-order valence-electron chi connectivity index (χ2n) is 7.51. The van der Waals surface area contributed by atoms with Gasteiger partial charge in [-0.15, -0.1) is 0 Å². The molecule has 0 aliphatic carbocycles. The molecule has 1 unspecified atom stereocenters. The smallest absolute Gasteiger partial charge is 0.335 e. The van der Waals surface area contributed by atoms with E-state index < -0.39 is 5.97 Å². The van der Waals surface area contributed by atoms with Crippen molar-refractivity contribution < 1.29 is 19.4 Å². The van der Waals surface area contributed by atoms with E-state index in [1.807, 2.05) is 6.92 Å². The Morgan fingerprint density at radius 3 is 2.63 bits per heavy atom. The van der Waals surface area contributed by atoms with Gasteiger partial charge in [-0.25, -0.2) is 24.4 Å². The van der Waals surface area contributed by atoms with Crippen molar-refractivity contribution in [2.75, 3.05) is 12.4 Å². The number of rotatable bonds is 9. The zero-order chi connectivity index (χ0) is 24.8. The van der Waals surface area contributed by atoms with Gasteiger partial charge >= 0.3 is 5.97 Å². The summed E-state index contributed by atoms with van der Waals surface area (Å²) < 4.78 is 12.9. The number of carboxylic acids is 1. The molecule has 4 rings (SSSR count). The lowest BCUT2D eigenvalue weighted by molar-refractivity contribution is 0.0696. The largest absolute Gasteiger partial charge is 0.495 e. The number of nitrogens with one attached hydrogen (secondary N) is 1. The SMILES string of the molecule is COc1cc(C(=O)O)ccc1Nc1ncc(-c2ccc(C#N)c(OC(C)Cn3cncn3)c2)cn1. The number of carboxylic acid groups (broad SMARTS) is 1. The van der Waals surface area contributed by atoms with E-state index in [0.29, 0.717) is 35.2 Å². The molecule has 0 amide bonds. The van der Waals surface area contributed by atoms with Crippen molar-refractivity contribution >= 4 is 17.6 Å². The fourth-order valence-electron chi connectivity index (χ4n) is 3.33. The number of aromatic nitrogens is 5. The number of anilines is 2. The van der Waals surface area contributed by atoms with Crippen LogP contribution in [0.2, 0.25) is 0 Å². The lowest BCUT2D eigenvalue weighted by Crippen LogP contribution is -2.20. The molecule has 11 heteroatoms. The van der Waals surface area contributed by atoms with Gasteiger partial charge in [-0.1, -0.05) is 6.07 Å². The highest BCUT2D eigenvalue weighted by Gasteiger charge is 2.13. The third-order valence-corrected chi connectivity index (χ3v) is 5.02. The molecule has 0 aliphatic rings. The molecule has 1 atom stereocenters. The Morgan fingerprint density at radius 1 is 1.17 bits per heavy atom. The van der Waals surface area contributed by atoms with Crippen molar-refractivity contribution in [1.82, 2.24) is 24.7 Å². The van der Waals surface area contributed by atoms with Crippen molar-refractivity contribution in [3.05, 3.63) is 72.6 Å². The fourth-order valence-corrected chi connectivity index (χ4v) is 3.33. The van der Waals surface area contributed by atoms with E-state index in [1.54, 1.807) is 47.7 Å². The Hall–Kier alpha value is -4.98. The van der Waals surface area contributed by atoms with Gasteiger partial charge in [-0.2, -0.15) is 10.4 Å². The van der Waals surface area contributed by atoms with E-state index in [-0.39, 0.29) is 11.7 Å². The second kappa shape index (κ2) is 10.3. The molecule has 0 spiro atoms. The van der Waals surface area contributed by atoms with Crippen LogP contribution in [0.1, 0.15) is 22.8 Å². The van der Waals surface area contributed by atoms with Crippen LogP contribution in [0.4, 0.5) is 11.6 Å². The number of methoxy groups -OCH3 is 1. The van der Waals surface area contributed by atoms with Gasteiger partial charge in [0.05, 0.1) is 30.5 Å². The van der Waals surface area contributed by atoms with Gasteiger partial charge in [-0.3, -0.25) is 0 Å². The maximum atomic E-state index is 11.2. The minimum absolute atomic E-state index is 0.109. The number of ether oxygens (including phenoxy) is 2. The molecule has 0 aliphatic heterocycles. The molecule has 4 aromatic rings. The van der Waals surface area contributed by atoms with Crippen LogP contribution >= 0.6 is 0 Å². The lowest BCUT2D eigenvalue weighted by Gasteiger charge is -2.16. The van der Waals surface area contributed by atoms with Crippen LogP contribution in [-0.2, 0) is 6.54 Å². The number of hydrogen-bond acceptors (Lipinski definition) is 9. The van der Waals surface area contributed by atoms with Crippen molar-refractivity contribution in [3.63, 3.8) is 0 Å². The number of nitriles is 1. The highest BCUT2D eigenvalue weighted by molar-refractivity contribution is 5.89. The molecule has 0 bridgehead atoms. The fraction of sp³-hybridized carbons (Fsp3) is 0.167. The zero-order valence-electron chi connectivity index (χ0n) is 18.9. The molecule has 0 radical (unpaired) electrons. The maximum Gasteiger partial charge on any atom is 0.335 e. The van der Waals surface area contributed by atoms with Gasteiger partial charge in [-0.05, 0) is 42.8 Å². The summed E-state index contributed by atoms with van der Waals surface area (Å²) in [6, 6.07) is 11.9. The summed E-state index contributed by atoms with van der Waals surface area (Å²) >= 11 is 0. The van der Waals surface area contributed by atoms with Crippen LogP contribution in [0.3, 0.4) is 0 Å². The minimum atomic E-state index is -1.05. The molecular weight excluding hydrogens is 450 g/mol. The molecule has 11 nitrogen and oxygen atoms in total. The van der Waals surface area contributed by atoms with E-state index in [2.05, 4.69) is 31.4 Å².